The number of nitrogens with zero attached hydrogens (tertiary/aromatic N) is 2. The number of anilines is 2. The van der Waals surface area contributed by atoms with Crippen LogP contribution in [0, 0.1) is 5.82 Å². The van der Waals surface area contributed by atoms with Gasteiger partial charge in [0.05, 0.1) is 29.9 Å². The zero-order valence-electron chi connectivity index (χ0n) is 17.3. The molecule has 4 aromatic rings. The molecule has 0 aliphatic rings. The first-order valence-corrected chi connectivity index (χ1v) is 10.4. The fraction of sp³-hybridized carbons (Fsp3) is 0.167. The summed E-state index contributed by atoms with van der Waals surface area (Å²) >= 11 is 5.77. The molecule has 164 valence electrons. The molecule has 2 aromatic carbocycles. The van der Waals surface area contributed by atoms with Crippen molar-refractivity contribution in [1.29, 1.82) is 0 Å². The number of fused-ring (bicyclic) bond motifs is 1. The summed E-state index contributed by atoms with van der Waals surface area (Å²) in [6.45, 7) is 0.504. The highest BCUT2D eigenvalue weighted by molar-refractivity contribution is 6.32. The Morgan fingerprint density at radius 2 is 1.97 bits per heavy atom. The predicted molar refractivity (Wildman–Crippen MR) is 123 cm³/mol. The molecule has 32 heavy (non-hydrogen) atoms. The Kier molecular flexibility index (Phi) is 6.56. The van der Waals surface area contributed by atoms with E-state index in [1.54, 1.807) is 37.7 Å². The number of aryl methyl sites for hydroxylation is 1. The number of benzene rings is 2. The van der Waals surface area contributed by atoms with Crippen LogP contribution < -0.4 is 14.8 Å². The van der Waals surface area contributed by atoms with Crippen LogP contribution in [0.1, 0.15) is 12.0 Å². The van der Waals surface area contributed by atoms with Crippen LogP contribution in [-0.2, 0) is 6.42 Å². The van der Waals surface area contributed by atoms with Crippen molar-refractivity contribution in [3.8, 4) is 17.2 Å². The monoisotopic (exact) mass is 453 g/mol. The molecule has 0 amide bonds. The fourth-order valence-electron chi connectivity index (χ4n) is 3.32. The number of methoxy groups -OCH3 is 1. The van der Waals surface area contributed by atoms with E-state index in [9.17, 15) is 9.50 Å². The van der Waals surface area contributed by atoms with Gasteiger partial charge in [-0.25, -0.2) is 4.39 Å². The summed E-state index contributed by atoms with van der Waals surface area (Å²) in [4.78, 5) is 8.52. The number of phenols is 1. The summed E-state index contributed by atoms with van der Waals surface area (Å²) in [7, 11) is 1.56. The van der Waals surface area contributed by atoms with Gasteiger partial charge in [0, 0.05) is 41.8 Å². The van der Waals surface area contributed by atoms with Crippen molar-refractivity contribution in [2.45, 2.75) is 12.8 Å². The number of aromatic hydroxyl groups is 1. The Balaban J connectivity index is 1.55. The van der Waals surface area contributed by atoms with E-state index in [4.69, 9.17) is 21.1 Å². The van der Waals surface area contributed by atoms with E-state index in [2.05, 4.69) is 15.3 Å². The third-order valence-corrected chi connectivity index (χ3v) is 5.23. The number of halogens is 2. The van der Waals surface area contributed by atoms with Crippen LogP contribution in [-0.4, -0.2) is 28.8 Å². The third-order valence-electron chi connectivity index (χ3n) is 4.92. The van der Waals surface area contributed by atoms with E-state index in [1.165, 1.54) is 6.07 Å². The maximum Gasteiger partial charge on any atom is 0.163 e. The lowest BCUT2D eigenvalue weighted by atomic mass is 10.1. The minimum absolute atomic E-state index is 0.0559. The van der Waals surface area contributed by atoms with Crippen LogP contribution >= 0.6 is 11.6 Å². The van der Waals surface area contributed by atoms with Crippen LogP contribution in [0.2, 0.25) is 5.02 Å². The van der Waals surface area contributed by atoms with Crippen molar-refractivity contribution < 1.29 is 19.0 Å². The van der Waals surface area contributed by atoms with Crippen molar-refractivity contribution in [1.82, 2.24) is 9.97 Å². The molecule has 0 aliphatic carbocycles. The van der Waals surface area contributed by atoms with Gasteiger partial charge in [-0.2, -0.15) is 0 Å². The van der Waals surface area contributed by atoms with E-state index in [-0.39, 0.29) is 16.5 Å². The minimum atomic E-state index is -0.585. The van der Waals surface area contributed by atoms with Crippen LogP contribution in [0.25, 0.3) is 10.9 Å². The lowest BCUT2D eigenvalue weighted by Gasteiger charge is -2.15. The molecular weight excluding hydrogens is 433 g/mol. The lowest BCUT2D eigenvalue weighted by Crippen LogP contribution is -2.02. The summed E-state index contributed by atoms with van der Waals surface area (Å²) in [6.07, 6.45) is 6.88. The quantitative estimate of drug-likeness (QED) is 0.324. The Bertz CT molecular complexity index is 1240. The largest absolute Gasteiger partial charge is 0.506 e. The first-order chi connectivity index (χ1) is 15.5. The smallest absolute Gasteiger partial charge is 0.163 e. The molecule has 0 unspecified atom stereocenters. The van der Waals surface area contributed by atoms with Gasteiger partial charge < -0.3 is 19.9 Å². The first-order valence-electron chi connectivity index (χ1n) is 9.98. The molecular formula is C24H21ClFN3O3. The van der Waals surface area contributed by atoms with E-state index in [1.807, 2.05) is 18.3 Å². The van der Waals surface area contributed by atoms with Gasteiger partial charge >= 0.3 is 0 Å². The average Bonchev–Trinajstić information content (AvgIpc) is 2.80. The molecule has 8 heteroatoms. The normalized spacial score (nSPS) is 10.8. The van der Waals surface area contributed by atoms with Gasteiger partial charge in [-0.3, -0.25) is 9.97 Å². The van der Waals surface area contributed by atoms with Crippen LogP contribution in [0.3, 0.4) is 0 Å². The molecule has 2 N–H and O–H groups in total. The molecule has 0 saturated carbocycles. The second kappa shape index (κ2) is 9.70. The van der Waals surface area contributed by atoms with E-state index >= 15 is 0 Å². The summed E-state index contributed by atoms with van der Waals surface area (Å²) in [5.74, 6) is 0.312. The van der Waals surface area contributed by atoms with E-state index < -0.39 is 5.82 Å². The van der Waals surface area contributed by atoms with Crippen molar-refractivity contribution in [3.63, 3.8) is 0 Å². The van der Waals surface area contributed by atoms with E-state index in [0.717, 1.165) is 24.5 Å². The third kappa shape index (κ3) is 4.84. The summed E-state index contributed by atoms with van der Waals surface area (Å²) in [5.41, 5.74) is 2.49. The molecule has 6 nitrogen and oxygen atoms in total. The predicted octanol–water partition coefficient (Wildman–Crippen LogP) is 5.89. The second-order valence-electron chi connectivity index (χ2n) is 7.10. The van der Waals surface area contributed by atoms with Crippen LogP contribution in [0.15, 0.2) is 61.1 Å². The number of phenolic OH excluding ortho intramolecular Hbond substituents is 1. The molecule has 2 heterocycles. The molecule has 0 bridgehead atoms. The average molecular weight is 454 g/mol. The highest BCUT2D eigenvalue weighted by Crippen LogP contribution is 2.37. The Hall–Kier alpha value is -3.58. The standard InChI is InChI=1S/C24H21ClFN3O3/c1-31-23-10-16-19(29-21-12-22(30)17(25)11-18(21)26)6-8-28-20(16)13-24(23)32-9-3-5-15-4-2-7-27-14-15/h2,4,6-8,10-14,30H,3,5,9H2,1H3,(H,28,29). The molecule has 0 spiro atoms. The van der Waals surface area contributed by atoms with Gasteiger partial charge in [-0.15, -0.1) is 0 Å². The van der Waals surface area contributed by atoms with Gasteiger partial charge in [0.1, 0.15) is 11.6 Å². The maximum absolute atomic E-state index is 14.3. The van der Waals surface area contributed by atoms with Gasteiger partial charge in [0.15, 0.2) is 11.5 Å². The highest BCUT2D eigenvalue weighted by Gasteiger charge is 2.13. The SMILES string of the molecule is COc1cc2c(Nc3cc(O)c(Cl)cc3F)ccnc2cc1OCCCc1cccnc1. The molecule has 2 aromatic heterocycles. The number of rotatable bonds is 8. The van der Waals surface area contributed by atoms with Crippen LogP contribution in [0.4, 0.5) is 15.8 Å². The molecule has 4 rings (SSSR count). The Labute approximate surface area is 189 Å². The summed E-state index contributed by atoms with van der Waals surface area (Å²) < 4.78 is 25.8. The highest BCUT2D eigenvalue weighted by atomic mass is 35.5. The molecule has 0 atom stereocenters. The summed E-state index contributed by atoms with van der Waals surface area (Å²) in [6, 6.07) is 11.5. The van der Waals surface area contributed by atoms with Gasteiger partial charge in [-0.1, -0.05) is 17.7 Å². The molecule has 0 aliphatic heterocycles. The van der Waals surface area contributed by atoms with Crippen molar-refractivity contribution in [2.75, 3.05) is 19.0 Å². The fourth-order valence-corrected chi connectivity index (χ4v) is 3.47. The topological polar surface area (TPSA) is 76.5 Å². The minimum Gasteiger partial charge on any atom is -0.506 e. The number of hydrogen-bond acceptors (Lipinski definition) is 6. The molecule has 0 fully saturated rings. The number of aromatic nitrogens is 2. The summed E-state index contributed by atoms with van der Waals surface area (Å²) in [5, 5.41) is 13.5. The maximum atomic E-state index is 14.3. The molecule has 0 saturated heterocycles. The first kappa shape index (κ1) is 21.6. The second-order valence-corrected chi connectivity index (χ2v) is 7.51. The Morgan fingerprint density at radius 3 is 2.75 bits per heavy atom. The lowest BCUT2D eigenvalue weighted by molar-refractivity contribution is 0.290. The molecule has 0 radical (unpaired) electrons. The number of pyridine rings is 2. The zero-order valence-corrected chi connectivity index (χ0v) is 18.1. The van der Waals surface area contributed by atoms with Gasteiger partial charge in [-0.05, 0) is 42.7 Å². The Morgan fingerprint density at radius 1 is 1.09 bits per heavy atom. The van der Waals surface area contributed by atoms with Gasteiger partial charge in [0.25, 0.3) is 0 Å². The number of nitrogens with one attached hydrogen (secondary N) is 1. The van der Waals surface area contributed by atoms with Gasteiger partial charge in [0.2, 0.25) is 0 Å². The van der Waals surface area contributed by atoms with Crippen LogP contribution in [0.5, 0.6) is 17.2 Å². The van der Waals surface area contributed by atoms with E-state index in [0.29, 0.717) is 34.7 Å². The van der Waals surface area contributed by atoms with Crippen molar-refractivity contribution in [2.24, 2.45) is 0 Å². The number of hydrogen-bond donors (Lipinski definition) is 2. The zero-order chi connectivity index (χ0) is 22.5. The number of ether oxygens (including phenoxy) is 2. The van der Waals surface area contributed by atoms with Crippen molar-refractivity contribution >= 4 is 33.9 Å². The van der Waals surface area contributed by atoms with Crippen molar-refractivity contribution in [3.05, 3.63) is 77.5 Å².